The van der Waals surface area contributed by atoms with Crippen LogP contribution in [-0.2, 0) is 0 Å². The van der Waals surface area contributed by atoms with Gasteiger partial charge in [0.1, 0.15) is 6.07 Å². The third-order valence-corrected chi connectivity index (χ3v) is 4.47. The summed E-state index contributed by atoms with van der Waals surface area (Å²) in [5.41, 5.74) is 1.09. The molecule has 1 heterocycles. The van der Waals surface area contributed by atoms with Crippen LogP contribution in [0.15, 0.2) is 63.9 Å². The SMILES string of the molecule is N#Cc1nc(-c2ccccc2)oc1NCCSc1ccc([N+](=O)[O-])cc1. The van der Waals surface area contributed by atoms with Gasteiger partial charge in [-0.15, -0.1) is 11.8 Å². The molecule has 0 atom stereocenters. The van der Waals surface area contributed by atoms with Gasteiger partial charge in [0.25, 0.3) is 5.69 Å². The number of oxazole rings is 1. The van der Waals surface area contributed by atoms with Crippen LogP contribution in [0.2, 0.25) is 0 Å². The van der Waals surface area contributed by atoms with Crippen molar-refractivity contribution in [2.45, 2.75) is 4.90 Å². The van der Waals surface area contributed by atoms with Crippen LogP contribution >= 0.6 is 11.8 Å². The Morgan fingerprint density at radius 3 is 2.58 bits per heavy atom. The van der Waals surface area contributed by atoms with Crippen LogP contribution < -0.4 is 5.32 Å². The standard InChI is InChI=1S/C18H14N4O3S/c19-12-16-18(25-17(21-16)13-4-2-1-3-5-13)20-10-11-26-15-8-6-14(7-9-15)22(23)24/h1-9,20H,10-11H2. The molecule has 0 fully saturated rings. The first kappa shape index (κ1) is 17.5. The van der Waals surface area contributed by atoms with E-state index in [9.17, 15) is 15.4 Å². The van der Waals surface area contributed by atoms with Crippen molar-refractivity contribution in [2.75, 3.05) is 17.6 Å². The maximum atomic E-state index is 10.6. The molecule has 2 aromatic carbocycles. The number of nitrogens with one attached hydrogen (secondary N) is 1. The Hall–Kier alpha value is -3.31. The molecule has 0 unspecified atom stereocenters. The average Bonchev–Trinajstić information content (AvgIpc) is 3.09. The minimum atomic E-state index is -0.423. The Bertz CT molecular complexity index is 933. The topological polar surface area (TPSA) is 105 Å². The highest BCUT2D eigenvalue weighted by Gasteiger charge is 2.13. The van der Waals surface area contributed by atoms with Crippen LogP contribution in [-0.4, -0.2) is 22.2 Å². The number of benzene rings is 2. The quantitative estimate of drug-likeness (QED) is 0.287. The van der Waals surface area contributed by atoms with Crippen LogP contribution in [0.1, 0.15) is 5.69 Å². The van der Waals surface area contributed by atoms with E-state index in [1.807, 2.05) is 36.4 Å². The number of hydrogen-bond donors (Lipinski definition) is 1. The number of aromatic nitrogens is 1. The molecule has 0 saturated carbocycles. The molecule has 8 heteroatoms. The third-order valence-electron chi connectivity index (χ3n) is 3.46. The highest BCUT2D eigenvalue weighted by Crippen LogP contribution is 2.26. The van der Waals surface area contributed by atoms with Crippen molar-refractivity contribution in [3.8, 4) is 17.5 Å². The second-order valence-corrected chi connectivity index (χ2v) is 6.37. The summed E-state index contributed by atoms with van der Waals surface area (Å²) in [6.45, 7) is 0.555. The average molecular weight is 366 g/mol. The van der Waals surface area contributed by atoms with E-state index in [1.165, 1.54) is 12.1 Å². The molecule has 0 saturated heterocycles. The van der Waals surface area contributed by atoms with Crippen molar-refractivity contribution < 1.29 is 9.34 Å². The van der Waals surface area contributed by atoms with E-state index < -0.39 is 4.92 Å². The fraction of sp³-hybridized carbons (Fsp3) is 0.111. The largest absolute Gasteiger partial charge is 0.419 e. The van der Waals surface area contributed by atoms with Crippen LogP contribution in [0.4, 0.5) is 11.6 Å². The van der Waals surface area contributed by atoms with Gasteiger partial charge in [0.05, 0.1) is 4.92 Å². The summed E-state index contributed by atoms with van der Waals surface area (Å²) in [5.74, 6) is 1.44. The smallest absolute Gasteiger partial charge is 0.269 e. The van der Waals surface area contributed by atoms with Gasteiger partial charge >= 0.3 is 0 Å². The minimum Gasteiger partial charge on any atom is -0.419 e. The molecule has 0 amide bonds. The lowest BCUT2D eigenvalue weighted by Gasteiger charge is -2.03. The molecular formula is C18H14N4O3S. The van der Waals surface area contributed by atoms with E-state index in [1.54, 1.807) is 23.9 Å². The third kappa shape index (κ3) is 4.20. The second kappa shape index (κ2) is 8.18. The molecule has 0 spiro atoms. The van der Waals surface area contributed by atoms with Gasteiger partial charge in [0.15, 0.2) is 0 Å². The summed E-state index contributed by atoms with van der Waals surface area (Å²) in [6.07, 6.45) is 0. The zero-order chi connectivity index (χ0) is 18.4. The van der Waals surface area contributed by atoms with E-state index in [0.717, 1.165) is 10.5 Å². The van der Waals surface area contributed by atoms with Crippen molar-refractivity contribution in [1.29, 1.82) is 5.26 Å². The Morgan fingerprint density at radius 2 is 1.92 bits per heavy atom. The lowest BCUT2D eigenvalue weighted by atomic mass is 10.2. The summed E-state index contributed by atoms with van der Waals surface area (Å²) >= 11 is 1.55. The van der Waals surface area contributed by atoms with E-state index in [-0.39, 0.29) is 11.4 Å². The number of rotatable bonds is 7. The Balaban J connectivity index is 1.57. The normalized spacial score (nSPS) is 10.3. The van der Waals surface area contributed by atoms with Crippen molar-refractivity contribution in [2.24, 2.45) is 0 Å². The van der Waals surface area contributed by atoms with Gasteiger partial charge in [-0.05, 0) is 24.3 Å². The molecule has 3 aromatic rings. The van der Waals surface area contributed by atoms with Gasteiger partial charge in [-0.25, -0.2) is 0 Å². The molecular weight excluding hydrogens is 352 g/mol. The predicted octanol–water partition coefficient (Wildman–Crippen LogP) is 4.33. The van der Waals surface area contributed by atoms with Crippen LogP contribution in [0.5, 0.6) is 0 Å². The molecule has 0 aliphatic carbocycles. The van der Waals surface area contributed by atoms with Gasteiger partial charge in [-0.1, -0.05) is 18.2 Å². The molecule has 7 nitrogen and oxygen atoms in total. The van der Waals surface area contributed by atoms with Crippen LogP contribution in [0, 0.1) is 21.4 Å². The maximum absolute atomic E-state index is 10.6. The number of nitro benzene ring substituents is 1. The Morgan fingerprint density at radius 1 is 1.19 bits per heavy atom. The van der Waals surface area contributed by atoms with Crippen molar-refractivity contribution in [3.63, 3.8) is 0 Å². The summed E-state index contributed by atoms with van der Waals surface area (Å²) in [6, 6.07) is 17.8. The number of nitro groups is 1. The van der Waals surface area contributed by atoms with E-state index in [0.29, 0.717) is 24.1 Å². The van der Waals surface area contributed by atoms with Gasteiger partial charge < -0.3 is 9.73 Å². The van der Waals surface area contributed by atoms with Gasteiger partial charge in [0.2, 0.25) is 17.5 Å². The maximum Gasteiger partial charge on any atom is 0.269 e. The first-order valence-electron chi connectivity index (χ1n) is 7.75. The molecule has 1 aromatic heterocycles. The Kier molecular flexibility index (Phi) is 5.51. The van der Waals surface area contributed by atoms with E-state index >= 15 is 0 Å². The molecule has 26 heavy (non-hydrogen) atoms. The number of hydrogen-bond acceptors (Lipinski definition) is 7. The summed E-state index contributed by atoms with van der Waals surface area (Å²) < 4.78 is 5.66. The fourth-order valence-corrected chi connectivity index (χ4v) is 2.99. The lowest BCUT2D eigenvalue weighted by molar-refractivity contribution is -0.384. The summed E-state index contributed by atoms with van der Waals surface area (Å²) in [4.78, 5) is 15.3. The molecule has 0 bridgehead atoms. The summed E-state index contributed by atoms with van der Waals surface area (Å²) in [5, 5.41) is 22.9. The van der Waals surface area contributed by atoms with Crippen LogP contribution in [0.25, 0.3) is 11.5 Å². The number of thioether (sulfide) groups is 1. The lowest BCUT2D eigenvalue weighted by Crippen LogP contribution is -2.04. The zero-order valence-electron chi connectivity index (χ0n) is 13.6. The fourth-order valence-electron chi connectivity index (χ4n) is 2.22. The summed E-state index contributed by atoms with van der Waals surface area (Å²) in [7, 11) is 0. The first-order chi connectivity index (χ1) is 12.7. The van der Waals surface area contributed by atoms with E-state index in [4.69, 9.17) is 4.42 Å². The number of nitriles is 1. The first-order valence-corrected chi connectivity index (χ1v) is 8.73. The van der Waals surface area contributed by atoms with Gasteiger partial charge in [0, 0.05) is 34.9 Å². The van der Waals surface area contributed by atoms with Crippen molar-refractivity contribution >= 4 is 23.3 Å². The molecule has 0 aliphatic rings. The molecule has 0 radical (unpaired) electrons. The van der Waals surface area contributed by atoms with E-state index in [2.05, 4.69) is 10.3 Å². The zero-order valence-corrected chi connectivity index (χ0v) is 14.4. The molecule has 1 N–H and O–H groups in total. The van der Waals surface area contributed by atoms with Crippen molar-refractivity contribution in [1.82, 2.24) is 4.98 Å². The van der Waals surface area contributed by atoms with Gasteiger partial charge in [-0.3, -0.25) is 10.1 Å². The monoisotopic (exact) mass is 366 g/mol. The van der Waals surface area contributed by atoms with Gasteiger partial charge in [-0.2, -0.15) is 10.2 Å². The highest BCUT2D eigenvalue weighted by molar-refractivity contribution is 7.99. The minimum absolute atomic E-state index is 0.0706. The van der Waals surface area contributed by atoms with Crippen molar-refractivity contribution in [3.05, 3.63) is 70.4 Å². The number of nitrogens with zero attached hydrogens (tertiary/aromatic N) is 3. The number of non-ortho nitro benzene ring substituents is 1. The molecule has 130 valence electrons. The molecule has 3 rings (SSSR count). The highest BCUT2D eigenvalue weighted by atomic mass is 32.2. The second-order valence-electron chi connectivity index (χ2n) is 5.20. The predicted molar refractivity (Wildman–Crippen MR) is 99.0 cm³/mol. The van der Waals surface area contributed by atoms with Crippen LogP contribution in [0.3, 0.4) is 0 Å². The number of anilines is 1. The Labute approximate surface area is 153 Å². The molecule has 0 aliphatic heterocycles.